The molecule has 0 saturated carbocycles. The maximum atomic E-state index is 13.5. The van der Waals surface area contributed by atoms with Crippen LogP contribution in [0.25, 0.3) is 5.82 Å². The molecule has 204 valence electrons. The Labute approximate surface area is 225 Å². The monoisotopic (exact) mass is 580 g/mol. The lowest BCUT2D eigenvalue weighted by Crippen LogP contribution is -2.65. The van der Waals surface area contributed by atoms with E-state index < -0.39 is 44.8 Å². The van der Waals surface area contributed by atoms with Gasteiger partial charge in [0.05, 0.1) is 45.0 Å². The first kappa shape index (κ1) is 28.1. The van der Waals surface area contributed by atoms with Crippen molar-refractivity contribution in [2.75, 3.05) is 16.8 Å². The molecule has 0 spiro atoms. The van der Waals surface area contributed by atoms with Gasteiger partial charge in [-0.1, -0.05) is 18.5 Å². The number of nitriles is 1. The summed E-state index contributed by atoms with van der Waals surface area (Å²) in [5.74, 6) is -2.61. The van der Waals surface area contributed by atoms with Gasteiger partial charge in [0.2, 0.25) is 0 Å². The van der Waals surface area contributed by atoms with Crippen LogP contribution in [0.2, 0.25) is 5.02 Å². The molecule has 1 aromatic carbocycles. The topological polar surface area (TPSA) is 147 Å². The van der Waals surface area contributed by atoms with Gasteiger partial charge in [-0.05, 0) is 43.2 Å². The lowest BCUT2D eigenvalue weighted by atomic mass is 9.97. The van der Waals surface area contributed by atoms with Crippen molar-refractivity contribution in [3.05, 3.63) is 69.6 Å². The highest BCUT2D eigenvalue weighted by Gasteiger charge is 2.48. The molecule has 1 saturated heterocycles. The van der Waals surface area contributed by atoms with Crippen molar-refractivity contribution in [1.29, 1.82) is 5.26 Å². The second-order valence-electron chi connectivity index (χ2n) is 9.04. The zero-order valence-electron chi connectivity index (χ0n) is 20.4. The van der Waals surface area contributed by atoms with Crippen LogP contribution >= 0.6 is 11.6 Å². The Bertz CT molecular complexity index is 1630. The van der Waals surface area contributed by atoms with Crippen LogP contribution in [-0.4, -0.2) is 52.0 Å². The summed E-state index contributed by atoms with van der Waals surface area (Å²) in [6, 6.07) is 7.80. The lowest BCUT2D eigenvalue weighted by Gasteiger charge is -2.41. The Morgan fingerprint density at radius 1 is 1.23 bits per heavy atom. The minimum absolute atomic E-state index is 0.0710. The molecular formula is C24H20ClF3N6O4S. The minimum atomic E-state index is -4.89. The van der Waals surface area contributed by atoms with Gasteiger partial charge >= 0.3 is 6.18 Å². The summed E-state index contributed by atoms with van der Waals surface area (Å²) in [6.07, 6.45) is -3.33. The van der Waals surface area contributed by atoms with E-state index in [1.54, 1.807) is 6.92 Å². The van der Waals surface area contributed by atoms with Crippen LogP contribution in [0, 0.1) is 18.3 Å². The molecule has 3 heterocycles. The molecule has 2 N–H and O–H groups in total. The summed E-state index contributed by atoms with van der Waals surface area (Å²) >= 11 is 6.10. The third kappa shape index (κ3) is 5.59. The fourth-order valence-corrected chi connectivity index (χ4v) is 6.58. The highest BCUT2D eigenvalue weighted by Crippen LogP contribution is 2.32. The molecule has 10 nitrogen and oxygen atoms in total. The van der Waals surface area contributed by atoms with E-state index in [1.807, 2.05) is 6.07 Å². The molecule has 0 radical (unpaired) electrons. The molecular weight excluding hydrogens is 561 g/mol. The number of rotatable bonds is 6. The highest BCUT2D eigenvalue weighted by atomic mass is 35.5. The number of anilines is 1. The molecule has 39 heavy (non-hydrogen) atoms. The van der Waals surface area contributed by atoms with Crippen LogP contribution in [0.5, 0.6) is 0 Å². The number of aryl methyl sites for hydroxylation is 1. The van der Waals surface area contributed by atoms with E-state index in [1.165, 1.54) is 37.4 Å². The Hall–Kier alpha value is -3.96. The zero-order chi connectivity index (χ0) is 28.8. The number of halogens is 4. The zero-order valence-corrected chi connectivity index (χ0v) is 22.0. The summed E-state index contributed by atoms with van der Waals surface area (Å²) in [6.45, 7) is 3.20. The summed E-state index contributed by atoms with van der Waals surface area (Å²) in [4.78, 5) is 30.6. The number of amides is 2. The van der Waals surface area contributed by atoms with Crippen LogP contribution in [0.1, 0.15) is 51.0 Å². The summed E-state index contributed by atoms with van der Waals surface area (Å²) < 4.78 is 64.7. The van der Waals surface area contributed by atoms with E-state index in [0.717, 1.165) is 0 Å². The van der Waals surface area contributed by atoms with E-state index in [2.05, 4.69) is 20.7 Å². The average Bonchev–Trinajstić information content (AvgIpc) is 3.30. The number of hydrogen-bond acceptors (Lipinski definition) is 7. The van der Waals surface area contributed by atoms with E-state index >= 15 is 0 Å². The Morgan fingerprint density at radius 3 is 2.49 bits per heavy atom. The number of sulfone groups is 1. The Balaban J connectivity index is 1.76. The van der Waals surface area contributed by atoms with E-state index in [4.69, 9.17) is 11.6 Å². The van der Waals surface area contributed by atoms with Gasteiger partial charge in [0.25, 0.3) is 11.8 Å². The molecule has 0 unspecified atom stereocenters. The first-order chi connectivity index (χ1) is 18.2. The van der Waals surface area contributed by atoms with Crippen LogP contribution in [0.15, 0.2) is 36.5 Å². The third-order valence-corrected chi connectivity index (χ3v) is 8.45. The van der Waals surface area contributed by atoms with E-state index in [9.17, 15) is 36.4 Å². The third-order valence-electron chi connectivity index (χ3n) is 6.17. The van der Waals surface area contributed by atoms with Gasteiger partial charge in [0.1, 0.15) is 5.69 Å². The van der Waals surface area contributed by atoms with Gasteiger partial charge < -0.3 is 10.6 Å². The molecule has 1 fully saturated rings. The van der Waals surface area contributed by atoms with Gasteiger partial charge in [-0.25, -0.2) is 18.1 Å². The van der Waals surface area contributed by atoms with Gasteiger partial charge in [0, 0.05) is 12.3 Å². The fourth-order valence-electron chi connectivity index (χ4n) is 4.22. The number of nitrogens with zero attached hydrogens (tertiary/aromatic N) is 4. The van der Waals surface area contributed by atoms with E-state index in [0.29, 0.717) is 17.2 Å². The molecule has 0 aliphatic carbocycles. The van der Waals surface area contributed by atoms with Crippen molar-refractivity contribution in [2.24, 2.45) is 0 Å². The highest BCUT2D eigenvalue weighted by molar-refractivity contribution is 7.93. The number of benzene rings is 1. The van der Waals surface area contributed by atoms with Crippen LogP contribution < -0.4 is 10.6 Å². The quantitative estimate of drug-likeness (QED) is 0.452. The lowest BCUT2D eigenvalue weighted by molar-refractivity contribution is -0.141. The van der Waals surface area contributed by atoms with Crippen molar-refractivity contribution in [1.82, 2.24) is 20.1 Å². The molecule has 1 aliphatic rings. The largest absolute Gasteiger partial charge is 0.435 e. The van der Waals surface area contributed by atoms with Gasteiger partial charge in [-0.15, -0.1) is 0 Å². The second kappa shape index (κ2) is 9.97. The summed E-state index contributed by atoms with van der Waals surface area (Å²) in [5.41, 5.74) is -2.89. The molecule has 15 heteroatoms. The van der Waals surface area contributed by atoms with Crippen molar-refractivity contribution >= 4 is 38.9 Å². The molecule has 2 aromatic heterocycles. The Morgan fingerprint density at radius 2 is 1.92 bits per heavy atom. The number of pyridine rings is 1. The average molecular weight is 581 g/mol. The number of carbonyl (C=O) groups is 2. The number of alkyl halides is 3. The second-order valence-corrected chi connectivity index (χ2v) is 11.5. The van der Waals surface area contributed by atoms with E-state index in [-0.39, 0.29) is 44.7 Å². The standard InChI is InChI=1S/C24H20ClF3N6O4S/c1-3-23(11-39(37,38)12-23)32-21(35)15-8-14(10-29)7-13(2)19(15)31-22(36)17-9-18(24(26,27)28)33-34(17)20-16(25)5-4-6-30-20/h4-9H,3,11-12H2,1-2H3,(H,31,36)(H,32,35). The fraction of sp³-hybridized carbons (Fsp3) is 0.292. The number of aromatic nitrogens is 3. The summed E-state index contributed by atoms with van der Waals surface area (Å²) in [7, 11) is -3.31. The number of carbonyl (C=O) groups excluding carboxylic acids is 2. The first-order valence-electron chi connectivity index (χ1n) is 11.4. The smallest absolute Gasteiger partial charge is 0.344 e. The SMILES string of the molecule is CCC1(NC(=O)c2cc(C#N)cc(C)c2NC(=O)c2cc(C(F)(F)F)nn2-c2ncccc2Cl)CS(=O)(=O)C1. The molecule has 4 rings (SSSR count). The maximum absolute atomic E-state index is 13.5. The van der Waals surface area contributed by atoms with Crippen LogP contribution in [0.4, 0.5) is 18.9 Å². The number of nitrogens with one attached hydrogen (secondary N) is 2. The molecule has 0 atom stereocenters. The van der Waals surface area contributed by atoms with Crippen molar-refractivity contribution < 1.29 is 31.2 Å². The van der Waals surface area contributed by atoms with Crippen molar-refractivity contribution in [2.45, 2.75) is 32.0 Å². The Kier molecular flexibility index (Phi) is 7.18. The first-order valence-corrected chi connectivity index (χ1v) is 13.6. The predicted octanol–water partition coefficient (Wildman–Crippen LogP) is 3.68. The molecule has 0 bridgehead atoms. The maximum Gasteiger partial charge on any atom is 0.435 e. The summed E-state index contributed by atoms with van der Waals surface area (Å²) in [5, 5.41) is 17.9. The normalized spacial score (nSPS) is 15.6. The van der Waals surface area contributed by atoms with Crippen molar-refractivity contribution in [3.63, 3.8) is 0 Å². The van der Waals surface area contributed by atoms with Crippen molar-refractivity contribution in [3.8, 4) is 11.9 Å². The van der Waals surface area contributed by atoms with Gasteiger partial charge in [-0.3, -0.25) is 9.59 Å². The van der Waals surface area contributed by atoms with Crippen LogP contribution in [0.3, 0.4) is 0 Å². The number of hydrogen-bond donors (Lipinski definition) is 2. The van der Waals surface area contributed by atoms with Crippen LogP contribution in [-0.2, 0) is 16.0 Å². The van der Waals surface area contributed by atoms with Gasteiger partial charge in [-0.2, -0.15) is 23.5 Å². The molecule has 2 amide bonds. The molecule has 3 aromatic rings. The molecule has 1 aliphatic heterocycles. The van der Waals surface area contributed by atoms with Gasteiger partial charge in [0.15, 0.2) is 21.3 Å². The minimum Gasteiger partial charge on any atom is -0.344 e. The predicted molar refractivity (Wildman–Crippen MR) is 134 cm³/mol.